The van der Waals surface area contributed by atoms with Crippen molar-refractivity contribution >= 4 is 18.4 Å². The summed E-state index contributed by atoms with van der Waals surface area (Å²) in [5, 5.41) is 0. The minimum atomic E-state index is -2.39. The summed E-state index contributed by atoms with van der Waals surface area (Å²) in [5.41, 5.74) is 1.19. The van der Waals surface area contributed by atoms with E-state index in [0.29, 0.717) is 12.5 Å². The van der Waals surface area contributed by atoms with Crippen LogP contribution < -0.4 is 4.74 Å². The molecule has 0 amide bonds. The fraction of sp³-hybridized carbons (Fsp3) is 0.643. The molecule has 31 heavy (non-hydrogen) atoms. The molecule has 0 saturated carbocycles. The van der Waals surface area contributed by atoms with Crippen molar-refractivity contribution in [1.82, 2.24) is 0 Å². The van der Waals surface area contributed by atoms with E-state index in [1.54, 1.807) is 10.7 Å². The molecule has 176 valence electrons. The Bertz CT molecular complexity index is 613. The molecule has 0 aliphatic rings. The van der Waals surface area contributed by atoms with E-state index < -0.39 is 18.4 Å². The van der Waals surface area contributed by atoms with Crippen LogP contribution in [0.4, 0.5) is 0 Å². The summed E-state index contributed by atoms with van der Waals surface area (Å²) < 4.78 is 18.0. The van der Waals surface area contributed by atoms with Gasteiger partial charge in [-0.25, -0.2) is 0 Å². The van der Waals surface area contributed by atoms with Gasteiger partial charge in [0.05, 0.1) is 0 Å². The Labute approximate surface area is 197 Å². The van der Waals surface area contributed by atoms with Gasteiger partial charge in [-0.05, 0) is 0 Å². The Morgan fingerprint density at radius 2 is 1.48 bits per heavy atom. The molecule has 1 aromatic rings. The van der Waals surface area contributed by atoms with Gasteiger partial charge in [-0.15, -0.1) is 0 Å². The van der Waals surface area contributed by atoms with Crippen molar-refractivity contribution < 1.29 is 9.47 Å². The SMILES string of the molecule is C=C[C@H](C)[C@H](/C=[C](\C)[Sn]([CH2]CCC)([CH2]CCC)[CH2]CCC)OCc1ccc(OC)cc1. The van der Waals surface area contributed by atoms with Crippen molar-refractivity contribution in [2.24, 2.45) is 5.92 Å². The molecule has 0 heterocycles. The van der Waals surface area contributed by atoms with Crippen LogP contribution in [-0.4, -0.2) is 31.6 Å². The molecule has 0 N–H and O–H groups in total. The van der Waals surface area contributed by atoms with Gasteiger partial charge in [0.15, 0.2) is 0 Å². The number of ether oxygens (including phenoxy) is 2. The summed E-state index contributed by atoms with van der Waals surface area (Å²) in [6, 6.07) is 8.21. The number of methoxy groups -OCH3 is 1. The van der Waals surface area contributed by atoms with E-state index in [0.717, 1.165) is 5.75 Å². The average molecular weight is 535 g/mol. The third-order valence-corrected chi connectivity index (χ3v) is 23.2. The molecule has 2 nitrogen and oxygen atoms in total. The van der Waals surface area contributed by atoms with Crippen LogP contribution in [-0.2, 0) is 11.3 Å². The zero-order chi connectivity index (χ0) is 23.1. The normalized spacial score (nSPS) is 14.3. The van der Waals surface area contributed by atoms with Gasteiger partial charge in [0.25, 0.3) is 0 Å². The van der Waals surface area contributed by atoms with E-state index in [1.165, 1.54) is 57.4 Å². The Kier molecular flexibility index (Phi) is 14.6. The number of unbranched alkanes of at least 4 members (excludes halogenated alkanes) is 3. The molecule has 0 bridgehead atoms. The molecule has 0 aliphatic carbocycles. The molecule has 0 radical (unpaired) electrons. The van der Waals surface area contributed by atoms with E-state index in [1.807, 2.05) is 18.2 Å². The molecule has 0 aromatic heterocycles. The summed E-state index contributed by atoms with van der Waals surface area (Å²) >= 11 is -2.39. The Hall–Kier alpha value is -0.741. The first-order chi connectivity index (χ1) is 15.0. The topological polar surface area (TPSA) is 18.5 Å². The second kappa shape index (κ2) is 16.0. The summed E-state index contributed by atoms with van der Waals surface area (Å²) in [4.78, 5) is 0. The van der Waals surface area contributed by atoms with E-state index >= 15 is 0 Å². The quantitative estimate of drug-likeness (QED) is 0.147. The van der Waals surface area contributed by atoms with Crippen LogP contribution in [0.25, 0.3) is 0 Å². The number of benzene rings is 1. The molecule has 2 atom stereocenters. The maximum absolute atomic E-state index is 6.48. The number of hydrogen-bond acceptors (Lipinski definition) is 2. The average Bonchev–Trinajstić information content (AvgIpc) is 2.81. The van der Waals surface area contributed by atoms with Crippen LogP contribution >= 0.6 is 0 Å². The fourth-order valence-corrected chi connectivity index (χ4v) is 20.2. The number of allylic oxidation sites excluding steroid dienone is 1. The van der Waals surface area contributed by atoms with Gasteiger partial charge in [0.1, 0.15) is 0 Å². The van der Waals surface area contributed by atoms with Crippen molar-refractivity contribution in [1.29, 1.82) is 0 Å². The molecule has 0 aliphatic heterocycles. The predicted molar refractivity (Wildman–Crippen MR) is 140 cm³/mol. The molecule has 0 unspecified atom stereocenters. The zero-order valence-corrected chi connectivity index (χ0v) is 24.1. The van der Waals surface area contributed by atoms with E-state index in [4.69, 9.17) is 9.47 Å². The van der Waals surface area contributed by atoms with Crippen molar-refractivity contribution in [3.63, 3.8) is 0 Å². The van der Waals surface area contributed by atoms with Gasteiger partial charge in [-0.1, -0.05) is 0 Å². The monoisotopic (exact) mass is 536 g/mol. The van der Waals surface area contributed by atoms with Crippen LogP contribution in [0.15, 0.2) is 46.6 Å². The number of hydrogen-bond donors (Lipinski definition) is 0. The number of rotatable bonds is 17. The Morgan fingerprint density at radius 1 is 0.968 bits per heavy atom. The van der Waals surface area contributed by atoms with Gasteiger partial charge in [0, 0.05) is 0 Å². The molecule has 0 saturated heterocycles. The van der Waals surface area contributed by atoms with Crippen molar-refractivity contribution in [2.45, 2.75) is 99.2 Å². The van der Waals surface area contributed by atoms with Gasteiger partial charge in [-0.3, -0.25) is 0 Å². The molecular formula is C28H48O2Sn. The van der Waals surface area contributed by atoms with E-state index in [-0.39, 0.29) is 6.10 Å². The minimum absolute atomic E-state index is 0.0977. The molecule has 3 heteroatoms. The Balaban J connectivity index is 3.11. The molecule has 0 fully saturated rings. The molecule has 0 spiro atoms. The zero-order valence-electron chi connectivity index (χ0n) is 21.2. The van der Waals surface area contributed by atoms with Crippen LogP contribution in [0.3, 0.4) is 0 Å². The first kappa shape index (κ1) is 28.3. The standard InChI is InChI=1S/C16H21O2.3C4H9.Sn/c1-5-7-16(13(3)6-2)18-12-14-8-10-15(17-4)11-9-14;3*1-3-4-2;/h6-11,13,16H,2,12H2,1,3-4H3;3*1,3-4H2,2H3;/t13-,16-;;;;/m0..../s1. The van der Waals surface area contributed by atoms with Crippen molar-refractivity contribution in [3.05, 3.63) is 52.1 Å². The summed E-state index contributed by atoms with van der Waals surface area (Å²) in [7, 11) is 1.70. The van der Waals surface area contributed by atoms with Crippen LogP contribution in [0.1, 0.15) is 78.7 Å². The van der Waals surface area contributed by atoms with Crippen molar-refractivity contribution in [3.8, 4) is 5.75 Å². The maximum atomic E-state index is 6.48. The predicted octanol–water partition coefficient (Wildman–Crippen LogP) is 8.74. The summed E-state index contributed by atoms with van der Waals surface area (Å²) in [5.74, 6) is 1.19. The summed E-state index contributed by atoms with van der Waals surface area (Å²) in [6.45, 7) is 16.4. The van der Waals surface area contributed by atoms with Crippen LogP contribution in [0.2, 0.25) is 13.3 Å². The fourth-order valence-electron chi connectivity index (χ4n) is 4.34. The van der Waals surface area contributed by atoms with E-state index in [2.05, 4.69) is 59.4 Å². The van der Waals surface area contributed by atoms with Crippen molar-refractivity contribution in [2.75, 3.05) is 7.11 Å². The molecule has 1 rings (SSSR count). The van der Waals surface area contributed by atoms with Gasteiger partial charge in [-0.2, -0.15) is 0 Å². The second-order valence-corrected chi connectivity index (χ2v) is 23.0. The first-order valence-electron chi connectivity index (χ1n) is 12.5. The van der Waals surface area contributed by atoms with E-state index in [9.17, 15) is 0 Å². The summed E-state index contributed by atoms with van der Waals surface area (Å²) in [6.07, 6.45) is 12.8. The van der Waals surface area contributed by atoms with Crippen LogP contribution in [0, 0.1) is 5.92 Å². The van der Waals surface area contributed by atoms with Gasteiger partial charge in [0.2, 0.25) is 0 Å². The third kappa shape index (κ3) is 9.73. The van der Waals surface area contributed by atoms with Crippen LogP contribution in [0.5, 0.6) is 5.75 Å². The Morgan fingerprint density at radius 3 is 1.90 bits per heavy atom. The van der Waals surface area contributed by atoms with Gasteiger partial charge < -0.3 is 0 Å². The first-order valence-corrected chi connectivity index (χ1v) is 20.0. The van der Waals surface area contributed by atoms with Gasteiger partial charge >= 0.3 is 198 Å². The molecular weight excluding hydrogens is 487 g/mol. The third-order valence-electron chi connectivity index (χ3n) is 6.77. The molecule has 1 aromatic carbocycles. The second-order valence-electron chi connectivity index (χ2n) is 9.16.